The quantitative estimate of drug-likeness (QED) is 0.748. The van der Waals surface area contributed by atoms with Crippen LogP contribution in [0.2, 0.25) is 0 Å². The number of ketones is 1. The van der Waals surface area contributed by atoms with E-state index >= 15 is 0 Å². The lowest BCUT2D eigenvalue weighted by atomic mass is 9.99. The van der Waals surface area contributed by atoms with Gasteiger partial charge in [-0.25, -0.2) is 0 Å². The fraction of sp³-hybridized carbons (Fsp3) is 0.462. The van der Waals surface area contributed by atoms with E-state index in [1.54, 1.807) is 0 Å². The molecule has 1 N–H and O–H groups in total. The summed E-state index contributed by atoms with van der Waals surface area (Å²) in [6.45, 7) is 3.79. The molecule has 0 bridgehead atoms. The van der Waals surface area contributed by atoms with Crippen molar-refractivity contribution in [2.24, 2.45) is 0 Å². The monoisotopic (exact) mass is 222 g/mol. The predicted octanol–water partition coefficient (Wildman–Crippen LogP) is 1.93. The number of carbonyl (C=O) groups excluding carboxylic acids is 1. The number of rotatable bonds is 6. The first-order valence-corrected chi connectivity index (χ1v) is 5.37. The Labute approximate surface area is 96.1 Å². The Bertz CT molecular complexity index is 330. The molecule has 1 unspecified atom stereocenters. The van der Waals surface area contributed by atoms with Crippen molar-refractivity contribution in [3.63, 3.8) is 0 Å². The van der Waals surface area contributed by atoms with Gasteiger partial charge in [0.2, 0.25) is 0 Å². The fourth-order valence-electron chi connectivity index (χ4n) is 1.21. The average molecular weight is 222 g/mol. The molecule has 0 aliphatic rings. The van der Waals surface area contributed by atoms with E-state index in [-0.39, 0.29) is 5.78 Å². The summed E-state index contributed by atoms with van der Waals surface area (Å²) in [6, 6.07) is 9.80. The Morgan fingerprint density at radius 3 is 2.56 bits per heavy atom. The fourth-order valence-corrected chi connectivity index (χ4v) is 1.21. The molecule has 1 rings (SSSR count). The minimum atomic E-state index is -1.27. The summed E-state index contributed by atoms with van der Waals surface area (Å²) in [6.07, 6.45) is 0.329. The van der Waals surface area contributed by atoms with Crippen molar-refractivity contribution in [3.8, 4) is 0 Å². The van der Waals surface area contributed by atoms with Crippen LogP contribution in [0.4, 0.5) is 0 Å². The van der Waals surface area contributed by atoms with E-state index in [9.17, 15) is 9.90 Å². The Morgan fingerprint density at radius 1 is 1.38 bits per heavy atom. The lowest BCUT2D eigenvalue weighted by Crippen LogP contribution is -2.34. The number of Topliss-reactive ketones (excluding diaryl/α,β-unsaturated/α-hetero) is 1. The van der Waals surface area contributed by atoms with Gasteiger partial charge < -0.3 is 9.84 Å². The van der Waals surface area contributed by atoms with Gasteiger partial charge in [-0.15, -0.1) is 0 Å². The molecule has 1 atom stereocenters. The highest BCUT2D eigenvalue weighted by molar-refractivity contribution is 5.84. The number of carbonyl (C=O) groups is 1. The molecule has 0 aliphatic carbocycles. The first-order chi connectivity index (χ1) is 7.52. The van der Waals surface area contributed by atoms with E-state index in [0.29, 0.717) is 19.6 Å². The molecular weight excluding hydrogens is 204 g/mol. The zero-order valence-corrected chi connectivity index (χ0v) is 9.77. The van der Waals surface area contributed by atoms with E-state index in [1.807, 2.05) is 30.3 Å². The van der Waals surface area contributed by atoms with Gasteiger partial charge in [0.1, 0.15) is 5.60 Å². The Morgan fingerprint density at radius 2 is 2.00 bits per heavy atom. The zero-order valence-electron chi connectivity index (χ0n) is 9.77. The van der Waals surface area contributed by atoms with Crippen LogP contribution in [0.25, 0.3) is 0 Å². The van der Waals surface area contributed by atoms with E-state index in [4.69, 9.17) is 4.74 Å². The molecule has 0 amide bonds. The van der Waals surface area contributed by atoms with Gasteiger partial charge in [0, 0.05) is 6.42 Å². The topological polar surface area (TPSA) is 46.5 Å². The Kier molecular flexibility index (Phi) is 4.65. The van der Waals surface area contributed by atoms with Crippen LogP contribution in [-0.2, 0) is 16.1 Å². The molecular formula is C13H18O3. The highest BCUT2D eigenvalue weighted by Crippen LogP contribution is 2.11. The molecule has 88 valence electrons. The van der Waals surface area contributed by atoms with E-state index in [0.717, 1.165) is 5.56 Å². The van der Waals surface area contributed by atoms with Crippen LogP contribution in [0.3, 0.4) is 0 Å². The van der Waals surface area contributed by atoms with Crippen molar-refractivity contribution in [1.29, 1.82) is 0 Å². The minimum absolute atomic E-state index is 0.226. The standard InChI is InChI=1S/C13H18O3/c1-11(14)13(2,15)8-9-16-10-12-6-4-3-5-7-12/h3-7,15H,8-10H2,1-2H3. The van der Waals surface area contributed by atoms with Gasteiger partial charge in [0.15, 0.2) is 5.78 Å². The van der Waals surface area contributed by atoms with Crippen molar-refractivity contribution in [1.82, 2.24) is 0 Å². The number of benzene rings is 1. The summed E-state index contributed by atoms with van der Waals surface area (Å²) < 4.78 is 5.39. The minimum Gasteiger partial charge on any atom is -0.382 e. The molecule has 0 radical (unpaired) electrons. The predicted molar refractivity (Wildman–Crippen MR) is 62.0 cm³/mol. The maximum absolute atomic E-state index is 11.0. The van der Waals surface area contributed by atoms with Gasteiger partial charge in [-0.2, -0.15) is 0 Å². The molecule has 0 aromatic heterocycles. The van der Waals surface area contributed by atoms with Gasteiger partial charge in [-0.1, -0.05) is 30.3 Å². The first-order valence-electron chi connectivity index (χ1n) is 5.37. The maximum Gasteiger partial charge on any atom is 0.161 e. The van der Waals surface area contributed by atoms with Crippen molar-refractivity contribution in [2.75, 3.05) is 6.61 Å². The molecule has 3 nitrogen and oxygen atoms in total. The Balaban J connectivity index is 2.25. The van der Waals surface area contributed by atoms with E-state index in [1.165, 1.54) is 13.8 Å². The molecule has 0 saturated carbocycles. The van der Waals surface area contributed by atoms with Gasteiger partial charge in [0.05, 0.1) is 13.2 Å². The lowest BCUT2D eigenvalue weighted by Gasteiger charge is -2.19. The third-order valence-corrected chi connectivity index (χ3v) is 2.60. The van der Waals surface area contributed by atoms with Gasteiger partial charge in [0.25, 0.3) is 0 Å². The van der Waals surface area contributed by atoms with Crippen LogP contribution in [0, 0.1) is 0 Å². The second kappa shape index (κ2) is 5.77. The molecule has 1 aromatic rings. The third kappa shape index (κ3) is 4.13. The van der Waals surface area contributed by atoms with E-state index < -0.39 is 5.60 Å². The lowest BCUT2D eigenvalue weighted by molar-refractivity contribution is -0.135. The van der Waals surface area contributed by atoms with Crippen molar-refractivity contribution in [3.05, 3.63) is 35.9 Å². The Hall–Kier alpha value is -1.19. The second-order valence-corrected chi connectivity index (χ2v) is 4.12. The smallest absolute Gasteiger partial charge is 0.161 e. The summed E-state index contributed by atoms with van der Waals surface area (Å²) in [5.74, 6) is -0.226. The zero-order chi connectivity index (χ0) is 12.0. The third-order valence-electron chi connectivity index (χ3n) is 2.60. The van der Waals surface area contributed by atoms with Gasteiger partial charge in [-0.3, -0.25) is 4.79 Å². The van der Waals surface area contributed by atoms with Crippen LogP contribution in [0.15, 0.2) is 30.3 Å². The number of ether oxygens (including phenoxy) is 1. The first kappa shape index (κ1) is 12.9. The molecule has 0 saturated heterocycles. The van der Waals surface area contributed by atoms with Crippen LogP contribution in [-0.4, -0.2) is 23.1 Å². The van der Waals surface area contributed by atoms with Gasteiger partial charge >= 0.3 is 0 Å². The molecule has 0 aliphatic heterocycles. The van der Waals surface area contributed by atoms with Crippen molar-refractivity contribution >= 4 is 5.78 Å². The summed E-state index contributed by atoms with van der Waals surface area (Å²) in [7, 11) is 0. The molecule has 16 heavy (non-hydrogen) atoms. The van der Waals surface area contributed by atoms with Gasteiger partial charge in [-0.05, 0) is 19.4 Å². The SMILES string of the molecule is CC(=O)C(C)(O)CCOCc1ccccc1. The number of hydrogen-bond acceptors (Lipinski definition) is 3. The normalized spacial score (nSPS) is 14.4. The molecule has 0 spiro atoms. The molecule has 0 fully saturated rings. The largest absolute Gasteiger partial charge is 0.382 e. The van der Waals surface area contributed by atoms with Crippen LogP contribution < -0.4 is 0 Å². The highest BCUT2D eigenvalue weighted by Gasteiger charge is 2.25. The van der Waals surface area contributed by atoms with Crippen LogP contribution in [0.5, 0.6) is 0 Å². The maximum atomic E-state index is 11.0. The second-order valence-electron chi connectivity index (χ2n) is 4.12. The average Bonchev–Trinajstić information content (AvgIpc) is 2.26. The summed E-state index contributed by atoms with van der Waals surface area (Å²) in [5.41, 5.74) is -0.179. The molecule has 3 heteroatoms. The van der Waals surface area contributed by atoms with E-state index in [2.05, 4.69) is 0 Å². The molecule has 1 aromatic carbocycles. The highest BCUT2D eigenvalue weighted by atomic mass is 16.5. The molecule has 0 heterocycles. The van der Waals surface area contributed by atoms with Crippen LogP contribution >= 0.6 is 0 Å². The summed E-state index contributed by atoms with van der Waals surface area (Å²) >= 11 is 0. The number of hydrogen-bond donors (Lipinski definition) is 1. The van der Waals surface area contributed by atoms with Crippen LogP contribution in [0.1, 0.15) is 25.8 Å². The summed E-state index contributed by atoms with van der Waals surface area (Å²) in [4.78, 5) is 11.0. The van der Waals surface area contributed by atoms with Crippen molar-refractivity contribution < 1.29 is 14.6 Å². The number of aliphatic hydroxyl groups is 1. The van der Waals surface area contributed by atoms with Crippen molar-refractivity contribution in [2.45, 2.75) is 32.5 Å². The summed E-state index contributed by atoms with van der Waals surface area (Å²) in [5, 5.41) is 9.66.